The molecule has 0 spiro atoms. The summed E-state index contributed by atoms with van der Waals surface area (Å²) < 4.78 is 23.1. The molecule has 2 rings (SSSR count). The molecular formula is C36H58O8. The van der Waals surface area contributed by atoms with Crippen molar-refractivity contribution in [2.45, 2.75) is 112 Å². The monoisotopic (exact) mass is 618 g/mol. The van der Waals surface area contributed by atoms with Gasteiger partial charge in [0.1, 0.15) is 5.75 Å². The number of hydrogen-bond acceptors (Lipinski definition) is 7. The normalized spacial score (nSPS) is 10.0. The topological polar surface area (TPSA) is 115 Å². The summed E-state index contributed by atoms with van der Waals surface area (Å²) in [5.41, 5.74) is 1.09. The second-order valence-corrected chi connectivity index (χ2v) is 10.3. The molecule has 0 saturated heterocycles. The first-order valence-corrected chi connectivity index (χ1v) is 16.3. The van der Waals surface area contributed by atoms with Crippen LogP contribution in [0.2, 0.25) is 0 Å². The average molecular weight is 619 g/mol. The minimum absolute atomic E-state index is 0.0134. The van der Waals surface area contributed by atoms with E-state index in [2.05, 4.69) is 13.5 Å². The van der Waals surface area contributed by atoms with Gasteiger partial charge in [-0.25, -0.2) is 4.79 Å². The van der Waals surface area contributed by atoms with Crippen molar-refractivity contribution in [3.8, 4) is 34.5 Å². The average Bonchev–Trinajstić information content (AvgIpc) is 3.02. The zero-order valence-electron chi connectivity index (χ0n) is 27.9. The minimum Gasteiger partial charge on any atom is -0.508 e. The lowest BCUT2D eigenvalue weighted by atomic mass is 10.0. The van der Waals surface area contributed by atoms with E-state index in [1.807, 2.05) is 45.9 Å². The van der Waals surface area contributed by atoms with Crippen molar-refractivity contribution in [1.82, 2.24) is 0 Å². The van der Waals surface area contributed by atoms with Crippen LogP contribution in [0, 0.1) is 0 Å². The SMILES string of the molecule is C=CC(=O)O.CCCCCCCCCc1ccccc1O.CCCOc1cc(O)c(OCCC)c(OCCC)c1OCCC. The molecule has 250 valence electrons. The Morgan fingerprint density at radius 2 is 1.14 bits per heavy atom. The molecule has 8 nitrogen and oxygen atoms in total. The van der Waals surface area contributed by atoms with Crippen LogP contribution < -0.4 is 18.9 Å². The number of phenolic OH excluding ortho intramolecular Hbond substituents is 2. The van der Waals surface area contributed by atoms with Gasteiger partial charge in [-0.3, -0.25) is 0 Å². The summed E-state index contributed by atoms with van der Waals surface area (Å²) in [5.74, 6) is 1.25. The first-order valence-electron chi connectivity index (χ1n) is 16.3. The highest BCUT2D eigenvalue weighted by Gasteiger charge is 2.23. The summed E-state index contributed by atoms with van der Waals surface area (Å²) in [5, 5.41) is 27.5. The predicted octanol–water partition coefficient (Wildman–Crippen LogP) is 9.49. The number of phenols is 2. The molecule has 0 atom stereocenters. The van der Waals surface area contributed by atoms with Crippen LogP contribution in [0.25, 0.3) is 0 Å². The van der Waals surface area contributed by atoms with Gasteiger partial charge >= 0.3 is 5.97 Å². The van der Waals surface area contributed by atoms with Gasteiger partial charge in [0.2, 0.25) is 17.2 Å². The molecule has 0 aliphatic heterocycles. The fourth-order valence-corrected chi connectivity index (χ4v) is 3.92. The number of aromatic hydroxyl groups is 2. The van der Waals surface area contributed by atoms with E-state index in [0.29, 0.717) is 55.2 Å². The van der Waals surface area contributed by atoms with Crippen molar-refractivity contribution < 1.29 is 39.1 Å². The summed E-state index contributed by atoms with van der Waals surface area (Å²) in [6, 6.07) is 9.22. The lowest BCUT2D eigenvalue weighted by Gasteiger charge is -2.20. The van der Waals surface area contributed by atoms with Gasteiger partial charge in [-0.15, -0.1) is 0 Å². The van der Waals surface area contributed by atoms with E-state index in [4.69, 9.17) is 24.1 Å². The van der Waals surface area contributed by atoms with Crippen LogP contribution in [0.15, 0.2) is 43.0 Å². The van der Waals surface area contributed by atoms with Gasteiger partial charge in [0.05, 0.1) is 26.4 Å². The van der Waals surface area contributed by atoms with Crippen LogP contribution in [-0.2, 0) is 11.2 Å². The molecule has 0 aliphatic rings. The van der Waals surface area contributed by atoms with E-state index in [1.165, 1.54) is 44.9 Å². The number of carboxylic acid groups (broad SMARTS) is 1. The van der Waals surface area contributed by atoms with Crippen LogP contribution >= 0.6 is 0 Å². The van der Waals surface area contributed by atoms with Crippen LogP contribution in [0.3, 0.4) is 0 Å². The summed E-state index contributed by atoms with van der Waals surface area (Å²) in [6.07, 6.45) is 14.5. The Kier molecular flexibility index (Phi) is 24.9. The van der Waals surface area contributed by atoms with Gasteiger partial charge in [-0.2, -0.15) is 0 Å². The van der Waals surface area contributed by atoms with E-state index >= 15 is 0 Å². The molecule has 0 aromatic heterocycles. The summed E-state index contributed by atoms with van der Waals surface area (Å²) >= 11 is 0. The first kappa shape index (κ1) is 40.5. The number of aliphatic carboxylic acids is 1. The van der Waals surface area contributed by atoms with Gasteiger partial charge in [0, 0.05) is 12.1 Å². The fraction of sp³-hybridized carbons (Fsp3) is 0.583. The molecule has 8 heteroatoms. The number of unbranched alkanes of at least 4 members (excludes halogenated alkanes) is 6. The smallest absolute Gasteiger partial charge is 0.327 e. The molecule has 3 N–H and O–H groups in total. The Hall–Kier alpha value is -3.55. The molecule has 0 heterocycles. The highest BCUT2D eigenvalue weighted by Crippen LogP contribution is 2.50. The molecule has 2 aromatic rings. The molecule has 0 unspecified atom stereocenters. The summed E-state index contributed by atoms with van der Waals surface area (Å²) in [7, 11) is 0. The van der Waals surface area contributed by atoms with E-state index < -0.39 is 5.97 Å². The maximum absolute atomic E-state index is 10.3. The molecule has 2 aromatic carbocycles. The van der Waals surface area contributed by atoms with Crippen molar-refractivity contribution in [3.05, 3.63) is 48.6 Å². The third kappa shape index (κ3) is 18.2. The van der Waals surface area contributed by atoms with Crippen molar-refractivity contribution in [2.24, 2.45) is 0 Å². The molecular weight excluding hydrogens is 560 g/mol. The zero-order chi connectivity index (χ0) is 33.0. The number of para-hydroxylation sites is 1. The number of carbonyl (C=O) groups is 1. The van der Waals surface area contributed by atoms with Crippen LogP contribution in [0.5, 0.6) is 34.5 Å². The molecule has 44 heavy (non-hydrogen) atoms. The zero-order valence-corrected chi connectivity index (χ0v) is 27.9. The summed E-state index contributed by atoms with van der Waals surface area (Å²) in [4.78, 5) is 9.25. The van der Waals surface area contributed by atoms with Crippen molar-refractivity contribution in [3.63, 3.8) is 0 Å². The van der Waals surface area contributed by atoms with Gasteiger partial charge in [-0.05, 0) is 50.2 Å². The molecule has 0 radical (unpaired) electrons. The Balaban J connectivity index is 0.000000761. The third-order valence-electron chi connectivity index (χ3n) is 6.17. The Bertz CT molecular complexity index is 1020. The number of aryl methyl sites for hydroxylation is 1. The highest BCUT2D eigenvalue weighted by molar-refractivity contribution is 5.78. The van der Waals surface area contributed by atoms with Crippen LogP contribution in [0.1, 0.15) is 111 Å². The predicted molar refractivity (Wildman–Crippen MR) is 179 cm³/mol. The maximum atomic E-state index is 10.3. The molecule has 0 fully saturated rings. The lowest BCUT2D eigenvalue weighted by Crippen LogP contribution is -2.07. The maximum Gasteiger partial charge on any atom is 0.327 e. The quantitative estimate of drug-likeness (QED) is 0.0936. The van der Waals surface area contributed by atoms with E-state index in [9.17, 15) is 15.0 Å². The van der Waals surface area contributed by atoms with E-state index in [1.54, 1.807) is 12.1 Å². The number of rotatable bonds is 21. The Morgan fingerprint density at radius 1 is 0.659 bits per heavy atom. The fourth-order valence-electron chi connectivity index (χ4n) is 3.92. The Morgan fingerprint density at radius 3 is 1.66 bits per heavy atom. The van der Waals surface area contributed by atoms with E-state index in [0.717, 1.165) is 43.7 Å². The molecule has 0 aliphatic carbocycles. The Labute approximate surface area is 266 Å². The van der Waals surface area contributed by atoms with Crippen molar-refractivity contribution in [2.75, 3.05) is 26.4 Å². The highest BCUT2D eigenvalue weighted by atomic mass is 16.6. The second kappa shape index (κ2) is 27.0. The summed E-state index contributed by atoms with van der Waals surface area (Å²) in [6.45, 7) is 15.4. The van der Waals surface area contributed by atoms with Crippen LogP contribution in [0.4, 0.5) is 0 Å². The number of benzene rings is 2. The van der Waals surface area contributed by atoms with Gasteiger partial charge in [-0.1, -0.05) is 97.9 Å². The lowest BCUT2D eigenvalue weighted by molar-refractivity contribution is -0.131. The molecule has 0 bridgehead atoms. The minimum atomic E-state index is -0.981. The number of carboxylic acids is 1. The second-order valence-electron chi connectivity index (χ2n) is 10.3. The standard InChI is InChI=1S/C18H30O5.C15H24O.C3H4O2/c1-5-9-20-15-13-14(19)16(21-10-6-2)18(23-12-8-4)17(15)22-11-7-3;1-2-3-4-5-6-7-8-11-14-12-9-10-13-15(14)16;1-2-3(4)5/h13,19H,5-12H2,1-4H3;9-10,12-13,16H,2-8,11H2,1H3;2H,1H2,(H,4,5). The third-order valence-corrected chi connectivity index (χ3v) is 6.17. The number of ether oxygens (including phenoxy) is 4. The van der Waals surface area contributed by atoms with Gasteiger partial charge in [0.25, 0.3) is 0 Å². The van der Waals surface area contributed by atoms with Crippen molar-refractivity contribution >= 4 is 5.97 Å². The molecule has 0 amide bonds. The first-order chi connectivity index (χ1) is 21.3. The largest absolute Gasteiger partial charge is 0.508 e. The molecule has 0 saturated carbocycles. The van der Waals surface area contributed by atoms with Crippen molar-refractivity contribution in [1.29, 1.82) is 0 Å². The van der Waals surface area contributed by atoms with Gasteiger partial charge in [0.15, 0.2) is 11.5 Å². The van der Waals surface area contributed by atoms with Gasteiger partial charge < -0.3 is 34.3 Å². The van der Waals surface area contributed by atoms with Crippen LogP contribution in [-0.4, -0.2) is 47.7 Å². The number of hydrogen-bond donors (Lipinski definition) is 3. The van der Waals surface area contributed by atoms with E-state index in [-0.39, 0.29) is 5.75 Å².